The Morgan fingerprint density at radius 3 is 3.06 bits per heavy atom. The number of carbonyl (C=O) groups is 2. The van der Waals surface area contributed by atoms with Crippen molar-refractivity contribution in [1.82, 2.24) is 9.97 Å². The number of aromatic nitrogens is 2. The van der Waals surface area contributed by atoms with Gasteiger partial charge in [-0.3, -0.25) is 10.1 Å². The van der Waals surface area contributed by atoms with Gasteiger partial charge in [0.05, 0.1) is 18.1 Å². The second-order valence-electron chi connectivity index (χ2n) is 3.10. The van der Waals surface area contributed by atoms with Crippen LogP contribution in [0.4, 0.5) is 10.7 Å². The second kappa shape index (κ2) is 4.01. The van der Waals surface area contributed by atoms with Crippen LogP contribution in [0.15, 0.2) is 18.2 Å². The van der Waals surface area contributed by atoms with E-state index >= 15 is 0 Å². The first kappa shape index (κ1) is 10.2. The third-order valence-electron chi connectivity index (χ3n) is 2.05. The summed E-state index contributed by atoms with van der Waals surface area (Å²) in [7, 11) is 1.27. The summed E-state index contributed by atoms with van der Waals surface area (Å²) in [5, 5.41) is 2.40. The molecule has 1 heterocycles. The summed E-state index contributed by atoms with van der Waals surface area (Å²) >= 11 is 0. The van der Waals surface area contributed by atoms with E-state index in [1.807, 2.05) is 0 Å². The summed E-state index contributed by atoms with van der Waals surface area (Å²) in [4.78, 5) is 28.4. The van der Waals surface area contributed by atoms with Gasteiger partial charge in [0.15, 0.2) is 0 Å². The van der Waals surface area contributed by atoms with Crippen molar-refractivity contribution in [3.8, 4) is 0 Å². The number of fused-ring (bicyclic) bond motifs is 1. The molecule has 6 nitrogen and oxygen atoms in total. The molecule has 0 radical (unpaired) electrons. The summed E-state index contributed by atoms with van der Waals surface area (Å²) in [5.74, 6) is 0.282. The number of aromatic amines is 1. The maximum atomic E-state index is 10.9. The van der Waals surface area contributed by atoms with Gasteiger partial charge in [-0.15, -0.1) is 0 Å². The van der Waals surface area contributed by atoms with Gasteiger partial charge >= 0.3 is 6.09 Å². The van der Waals surface area contributed by atoms with Crippen molar-refractivity contribution in [2.45, 2.75) is 0 Å². The standard InChI is InChI=1S/C10H9N3O3/c1-16-10(15)13-9-11-7-3-2-6(5-14)4-8(7)12-9/h2-5H,1H3,(H2,11,12,13,15). The van der Waals surface area contributed by atoms with Crippen LogP contribution in [0.5, 0.6) is 0 Å². The van der Waals surface area contributed by atoms with Gasteiger partial charge in [0.2, 0.25) is 5.95 Å². The predicted octanol–water partition coefficient (Wildman–Crippen LogP) is 1.55. The predicted molar refractivity (Wildman–Crippen MR) is 57.5 cm³/mol. The molecule has 0 unspecified atom stereocenters. The molecule has 2 N–H and O–H groups in total. The highest BCUT2D eigenvalue weighted by Gasteiger charge is 2.06. The fourth-order valence-electron chi connectivity index (χ4n) is 1.31. The van der Waals surface area contributed by atoms with Gasteiger partial charge in [0, 0.05) is 5.56 Å². The number of rotatable bonds is 2. The number of hydrogen-bond acceptors (Lipinski definition) is 4. The van der Waals surface area contributed by atoms with E-state index in [1.54, 1.807) is 18.2 Å². The second-order valence-corrected chi connectivity index (χ2v) is 3.10. The molecule has 1 amide bonds. The van der Waals surface area contributed by atoms with Gasteiger partial charge in [-0.1, -0.05) is 0 Å². The third-order valence-corrected chi connectivity index (χ3v) is 2.05. The Bertz CT molecular complexity index is 547. The highest BCUT2D eigenvalue weighted by Crippen LogP contribution is 2.15. The fourth-order valence-corrected chi connectivity index (χ4v) is 1.31. The van der Waals surface area contributed by atoms with Crippen LogP contribution in [0, 0.1) is 0 Å². The molecule has 0 aliphatic heterocycles. The van der Waals surface area contributed by atoms with Crippen molar-refractivity contribution in [3.63, 3.8) is 0 Å². The lowest BCUT2D eigenvalue weighted by atomic mass is 10.2. The Labute approximate surface area is 90.6 Å². The first-order valence-corrected chi connectivity index (χ1v) is 4.53. The number of hydrogen-bond donors (Lipinski definition) is 2. The van der Waals surface area contributed by atoms with Crippen LogP contribution in [0.2, 0.25) is 0 Å². The molecule has 0 saturated heterocycles. The molecule has 2 aromatic rings. The number of imidazole rings is 1. The van der Waals surface area contributed by atoms with E-state index in [0.29, 0.717) is 16.6 Å². The quantitative estimate of drug-likeness (QED) is 0.750. The monoisotopic (exact) mass is 219 g/mol. The molecule has 0 aliphatic rings. The van der Waals surface area contributed by atoms with E-state index in [4.69, 9.17) is 0 Å². The fraction of sp³-hybridized carbons (Fsp3) is 0.100. The van der Waals surface area contributed by atoms with Crippen molar-refractivity contribution in [1.29, 1.82) is 0 Å². The van der Waals surface area contributed by atoms with Gasteiger partial charge < -0.3 is 9.72 Å². The number of methoxy groups -OCH3 is 1. The molecule has 16 heavy (non-hydrogen) atoms. The van der Waals surface area contributed by atoms with E-state index in [1.165, 1.54) is 7.11 Å². The molecule has 0 saturated carbocycles. The number of amides is 1. The lowest BCUT2D eigenvalue weighted by Gasteiger charge is -1.96. The molecular formula is C10H9N3O3. The van der Waals surface area contributed by atoms with Crippen LogP contribution in [0.25, 0.3) is 11.0 Å². The Hall–Kier alpha value is -2.37. The molecule has 0 atom stereocenters. The third kappa shape index (κ3) is 1.85. The Balaban J connectivity index is 2.36. The number of benzene rings is 1. The van der Waals surface area contributed by atoms with Gasteiger partial charge in [-0.2, -0.15) is 0 Å². The highest BCUT2D eigenvalue weighted by atomic mass is 16.5. The number of nitrogens with one attached hydrogen (secondary N) is 2. The highest BCUT2D eigenvalue weighted by molar-refractivity contribution is 5.88. The van der Waals surface area contributed by atoms with Crippen molar-refractivity contribution in [2.24, 2.45) is 0 Å². The number of carbonyl (C=O) groups excluding carboxylic acids is 2. The summed E-state index contributed by atoms with van der Waals surface area (Å²) < 4.78 is 4.43. The largest absolute Gasteiger partial charge is 0.453 e. The van der Waals surface area contributed by atoms with Gasteiger partial charge in [-0.05, 0) is 18.2 Å². The summed E-state index contributed by atoms with van der Waals surface area (Å²) in [5.41, 5.74) is 1.88. The van der Waals surface area contributed by atoms with E-state index in [-0.39, 0.29) is 5.95 Å². The van der Waals surface area contributed by atoms with E-state index in [0.717, 1.165) is 6.29 Å². The van der Waals surface area contributed by atoms with E-state index in [2.05, 4.69) is 20.0 Å². The zero-order chi connectivity index (χ0) is 11.5. The van der Waals surface area contributed by atoms with Crippen LogP contribution < -0.4 is 5.32 Å². The average molecular weight is 219 g/mol. The number of H-pyrrole nitrogens is 1. The van der Waals surface area contributed by atoms with Crippen molar-refractivity contribution < 1.29 is 14.3 Å². The minimum absolute atomic E-state index is 0.282. The van der Waals surface area contributed by atoms with Crippen LogP contribution in [-0.4, -0.2) is 29.5 Å². The van der Waals surface area contributed by atoms with Gasteiger partial charge in [-0.25, -0.2) is 9.78 Å². The maximum absolute atomic E-state index is 10.9. The van der Waals surface area contributed by atoms with Crippen molar-refractivity contribution >= 4 is 29.4 Å². The molecule has 6 heteroatoms. The molecule has 82 valence electrons. The Morgan fingerprint density at radius 2 is 2.38 bits per heavy atom. The van der Waals surface area contributed by atoms with E-state index < -0.39 is 6.09 Å². The molecule has 0 bridgehead atoms. The summed E-state index contributed by atoms with van der Waals surface area (Å²) in [6.07, 6.45) is 0.142. The molecule has 1 aromatic carbocycles. The molecule has 0 fully saturated rings. The zero-order valence-electron chi connectivity index (χ0n) is 8.48. The Kier molecular flexibility index (Phi) is 2.55. The molecule has 1 aromatic heterocycles. The minimum atomic E-state index is -0.602. The molecule has 0 aliphatic carbocycles. The molecule has 2 rings (SSSR count). The smallest absolute Gasteiger partial charge is 0.413 e. The lowest BCUT2D eigenvalue weighted by Crippen LogP contribution is -2.11. The first-order valence-electron chi connectivity index (χ1n) is 4.53. The van der Waals surface area contributed by atoms with Crippen molar-refractivity contribution in [3.05, 3.63) is 23.8 Å². The first-order chi connectivity index (χ1) is 7.72. The number of ether oxygens (including phenoxy) is 1. The van der Waals surface area contributed by atoms with E-state index in [9.17, 15) is 9.59 Å². The van der Waals surface area contributed by atoms with Crippen LogP contribution in [0.3, 0.4) is 0 Å². The van der Waals surface area contributed by atoms with Crippen molar-refractivity contribution in [2.75, 3.05) is 12.4 Å². The van der Waals surface area contributed by atoms with Crippen LogP contribution >= 0.6 is 0 Å². The van der Waals surface area contributed by atoms with Gasteiger partial charge in [0.1, 0.15) is 6.29 Å². The zero-order valence-corrected chi connectivity index (χ0v) is 8.48. The van der Waals surface area contributed by atoms with Crippen LogP contribution in [-0.2, 0) is 4.74 Å². The molecular weight excluding hydrogens is 210 g/mol. The summed E-state index contributed by atoms with van der Waals surface area (Å²) in [6.45, 7) is 0. The normalized spacial score (nSPS) is 10.1. The minimum Gasteiger partial charge on any atom is -0.453 e. The number of aldehydes is 1. The SMILES string of the molecule is COC(=O)Nc1nc2ccc(C=O)cc2[nH]1. The lowest BCUT2D eigenvalue weighted by molar-refractivity contribution is 0.112. The average Bonchev–Trinajstić information content (AvgIpc) is 2.69. The van der Waals surface area contributed by atoms with Crippen LogP contribution in [0.1, 0.15) is 10.4 Å². The number of nitrogens with zero attached hydrogens (tertiary/aromatic N) is 1. The molecule has 0 spiro atoms. The summed E-state index contributed by atoms with van der Waals surface area (Å²) in [6, 6.07) is 4.99. The maximum Gasteiger partial charge on any atom is 0.413 e. The topological polar surface area (TPSA) is 84.1 Å². The Morgan fingerprint density at radius 1 is 1.56 bits per heavy atom. The van der Waals surface area contributed by atoms with Gasteiger partial charge in [0.25, 0.3) is 0 Å². The number of anilines is 1.